The van der Waals surface area contributed by atoms with Crippen LogP contribution in [0.4, 0.5) is 0 Å². The smallest absolute Gasteiger partial charge is 0.216 e. The molecule has 6 rings (SSSR count). The lowest BCUT2D eigenvalue weighted by molar-refractivity contribution is -0.660. The monoisotopic (exact) mass is 488 g/mol. The Bertz CT molecular complexity index is 1680. The maximum atomic E-state index is 6.82. The van der Waals surface area contributed by atoms with Crippen molar-refractivity contribution < 1.29 is 8.98 Å². The van der Waals surface area contributed by atoms with E-state index >= 15 is 0 Å². The van der Waals surface area contributed by atoms with Gasteiger partial charge in [-0.2, -0.15) is 0 Å². The van der Waals surface area contributed by atoms with Crippen molar-refractivity contribution in [1.29, 1.82) is 0 Å². The highest BCUT2D eigenvalue weighted by Crippen LogP contribution is 2.42. The van der Waals surface area contributed by atoms with Crippen LogP contribution in [-0.4, -0.2) is 0 Å². The molecule has 2 heteroatoms. The van der Waals surface area contributed by atoms with Gasteiger partial charge in [0.25, 0.3) is 0 Å². The van der Waals surface area contributed by atoms with Gasteiger partial charge in [0.15, 0.2) is 6.20 Å². The van der Waals surface area contributed by atoms with E-state index in [1.807, 2.05) is 0 Å². The van der Waals surface area contributed by atoms with E-state index in [4.69, 9.17) is 4.42 Å². The fourth-order valence-electron chi connectivity index (χ4n) is 6.37. The average Bonchev–Trinajstić information content (AvgIpc) is 3.33. The van der Waals surface area contributed by atoms with E-state index in [-0.39, 0.29) is 5.41 Å². The van der Waals surface area contributed by atoms with E-state index in [9.17, 15) is 0 Å². The van der Waals surface area contributed by atoms with Gasteiger partial charge < -0.3 is 4.42 Å². The van der Waals surface area contributed by atoms with Gasteiger partial charge in [0.1, 0.15) is 18.2 Å². The third kappa shape index (κ3) is 4.27. The van der Waals surface area contributed by atoms with E-state index in [0.717, 1.165) is 30.4 Å². The molecule has 0 amide bonds. The Morgan fingerprint density at radius 3 is 2.38 bits per heavy atom. The molecule has 0 unspecified atom stereocenters. The molecule has 0 bridgehead atoms. The maximum absolute atomic E-state index is 6.82. The number of aryl methyl sites for hydroxylation is 2. The Kier molecular flexibility index (Phi) is 5.39. The summed E-state index contributed by atoms with van der Waals surface area (Å²) < 4.78 is 9.08. The second kappa shape index (κ2) is 8.31. The summed E-state index contributed by atoms with van der Waals surface area (Å²) in [6.07, 6.45) is 5.62. The minimum absolute atomic E-state index is 0.257. The molecule has 0 atom stereocenters. The van der Waals surface area contributed by atoms with Crippen LogP contribution < -0.4 is 4.57 Å². The molecule has 2 nitrogen and oxygen atoms in total. The zero-order chi connectivity index (χ0) is 26.1. The Balaban J connectivity index is 1.52. The first-order chi connectivity index (χ1) is 17.5. The molecule has 188 valence electrons. The number of fused-ring (bicyclic) bond motifs is 4. The lowest BCUT2D eigenvalue weighted by Crippen LogP contribution is -2.32. The average molecular weight is 489 g/mol. The van der Waals surface area contributed by atoms with Crippen molar-refractivity contribution in [2.45, 2.75) is 60.8 Å². The minimum Gasteiger partial charge on any atom is -0.454 e. The highest BCUT2D eigenvalue weighted by molar-refractivity contribution is 6.13. The first-order valence-electron chi connectivity index (χ1n) is 13.6. The number of hydrogen-bond donors (Lipinski definition) is 0. The summed E-state index contributed by atoms with van der Waals surface area (Å²) in [4.78, 5) is 0. The summed E-state index contributed by atoms with van der Waals surface area (Å²) in [7, 11) is 2.15. The largest absolute Gasteiger partial charge is 0.454 e. The van der Waals surface area contributed by atoms with Crippen molar-refractivity contribution in [1.82, 2.24) is 0 Å². The van der Waals surface area contributed by atoms with Gasteiger partial charge in [-0.25, -0.2) is 4.57 Å². The van der Waals surface area contributed by atoms with E-state index in [1.54, 1.807) is 0 Å². The number of pyridine rings is 1. The normalized spacial score (nSPS) is 15.0. The topological polar surface area (TPSA) is 17.0 Å². The van der Waals surface area contributed by atoms with Crippen LogP contribution in [0.2, 0.25) is 0 Å². The van der Waals surface area contributed by atoms with Gasteiger partial charge in [0.2, 0.25) is 5.69 Å². The molecule has 0 saturated carbocycles. The standard InChI is InChI=1S/C35H38NO/c1-22-11-15-29-28-10-8-9-27(24-13-14-25-19-35(5,6)20-26(25)17-24)32(28)37-33(29)31(22)30-16-12-23(21-36(30)7)18-34(2,3)4/h8-17,21H,18-20H2,1-7H3/q+1. The van der Waals surface area contributed by atoms with Crippen LogP contribution in [0.25, 0.3) is 44.3 Å². The third-order valence-electron chi connectivity index (χ3n) is 7.92. The molecule has 0 radical (unpaired) electrons. The lowest BCUT2D eigenvalue weighted by atomic mass is 9.88. The molecule has 0 aliphatic heterocycles. The number of rotatable bonds is 3. The van der Waals surface area contributed by atoms with Crippen molar-refractivity contribution in [3.05, 3.63) is 89.1 Å². The third-order valence-corrected chi connectivity index (χ3v) is 7.92. The second-order valence-corrected chi connectivity index (χ2v) is 13.2. The van der Waals surface area contributed by atoms with Crippen molar-refractivity contribution in [3.63, 3.8) is 0 Å². The van der Waals surface area contributed by atoms with E-state index in [2.05, 4.69) is 120 Å². The number of hydrogen-bond acceptors (Lipinski definition) is 1. The molecule has 0 N–H and O–H groups in total. The van der Waals surface area contributed by atoms with Gasteiger partial charge in [0.05, 0.1) is 5.56 Å². The summed E-state index contributed by atoms with van der Waals surface area (Å²) in [6, 6.07) is 22.6. The molecule has 2 aromatic heterocycles. The minimum atomic E-state index is 0.257. The summed E-state index contributed by atoms with van der Waals surface area (Å²) in [5.74, 6) is 0. The molecule has 1 aliphatic rings. The summed E-state index contributed by atoms with van der Waals surface area (Å²) >= 11 is 0. The number of nitrogens with zero attached hydrogens (tertiary/aromatic N) is 1. The van der Waals surface area contributed by atoms with Crippen LogP contribution >= 0.6 is 0 Å². The van der Waals surface area contributed by atoms with Gasteiger partial charge in [-0.15, -0.1) is 0 Å². The predicted octanol–water partition coefficient (Wildman–Crippen LogP) is 8.77. The van der Waals surface area contributed by atoms with Gasteiger partial charge in [-0.1, -0.05) is 83.1 Å². The van der Waals surface area contributed by atoms with Crippen LogP contribution in [0.5, 0.6) is 0 Å². The first kappa shape index (κ1) is 24.0. The van der Waals surface area contributed by atoms with Crippen molar-refractivity contribution in [2.75, 3.05) is 0 Å². The van der Waals surface area contributed by atoms with Crippen molar-refractivity contribution in [2.24, 2.45) is 17.9 Å². The van der Waals surface area contributed by atoms with Crippen LogP contribution in [0.3, 0.4) is 0 Å². The summed E-state index contributed by atoms with van der Waals surface area (Å²) in [6.45, 7) is 13.8. The molecule has 2 heterocycles. The van der Waals surface area contributed by atoms with E-state index in [1.165, 1.54) is 55.4 Å². The zero-order valence-electron chi connectivity index (χ0n) is 23.3. The lowest BCUT2D eigenvalue weighted by Gasteiger charge is -2.17. The van der Waals surface area contributed by atoms with E-state index in [0.29, 0.717) is 5.41 Å². The molecular weight excluding hydrogens is 450 g/mol. The fourth-order valence-corrected chi connectivity index (χ4v) is 6.37. The molecule has 37 heavy (non-hydrogen) atoms. The number of benzene rings is 3. The molecule has 5 aromatic rings. The number of furan rings is 1. The number of para-hydroxylation sites is 1. The predicted molar refractivity (Wildman–Crippen MR) is 155 cm³/mol. The Morgan fingerprint density at radius 1 is 0.865 bits per heavy atom. The molecule has 0 fully saturated rings. The van der Waals surface area contributed by atoms with E-state index < -0.39 is 0 Å². The molecular formula is C35H38NO+. The molecule has 0 saturated heterocycles. The van der Waals surface area contributed by atoms with Crippen LogP contribution in [0.1, 0.15) is 56.9 Å². The van der Waals surface area contributed by atoms with Crippen LogP contribution in [-0.2, 0) is 26.3 Å². The van der Waals surface area contributed by atoms with Crippen molar-refractivity contribution in [3.8, 4) is 22.4 Å². The Morgan fingerprint density at radius 2 is 1.62 bits per heavy atom. The summed E-state index contributed by atoms with van der Waals surface area (Å²) in [5, 5.41) is 2.36. The quantitative estimate of drug-likeness (QED) is 0.232. The highest BCUT2D eigenvalue weighted by Gasteiger charge is 2.29. The van der Waals surface area contributed by atoms with Crippen LogP contribution in [0.15, 0.2) is 71.3 Å². The molecule has 3 aromatic carbocycles. The molecule has 1 aliphatic carbocycles. The van der Waals surface area contributed by atoms with Gasteiger partial charge in [0, 0.05) is 28.0 Å². The van der Waals surface area contributed by atoms with Crippen LogP contribution in [0, 0.1) is 17.8 Å². The Hall–Kier alpha value is -3.39. The van der Waals surface area contributed by atoms with Gasteiger partial charge in [-0.3, -0.25) is 0 Å². The summed E-state index contributed by atoms with van der Waals surface area (Å²) in [5.41, 5.74) is 12.9. The fraction of sp³-hybridized carbons (Fsp3) is 0.343. The van der Waals surface area contributed by atoms with Gasteiger partial charge in [-0.05, 0) is 65.3 Å². The Labute approximate surface area is 221 Å². The SMILES string of the molecule is Cc1ccc2c(oc3c(-c4ccc5c(c4)CC(C)(C)C5)cccc32)c1-c1ccc(CC(C)(C)C)c[n+]1C. The first-order valence-corrected chi connectivity index (χ1v) is 13.6. The highest BCUT2D eigenvalue weighted by atomic mass is 16.3. The number of aromatic nitrogens is 1. The second-order valence-electron chi connectivity index (χ2n) is 13.2. The zero-order valence-corrected chi connectivity index (χ0v) is 23.3. The van der Waals surface area contributed by atoms with Crippen molar-refractivity contribution >= 4 is 21.9 Å². The van der Waals surface area contributed by atoms with Gasteiger partial charge >= 0.3 is 0 Å². The molecule has 0 spiro atoms. The maximum Gasteiger partial charge on any atom is 0.216 e.